The average Bonchev–Trinajstić information content (AvgIpc) is 2.29. The summed E-state index contributed by atoms with van der Waals surface area (Å²) in [6, 6.07) is 5.82. The number of benzene rings is 1. The highest BCUT2D eigenvalue weighted by Gasteiger charge is 1.98. The maximum atomic E-state index is 5.01. The summed E-state index contributed by atoms with van der Waals surface area (Å²) in [6.07, 6.45) is 3.31. The largest absolute Gasteiger partial charge is 0.366 e. The van der Waals surface area contributed by atoms with Crippen molar-refractivity contribution in [3.05, 3.63) is 30.7 Å². The molecule has 0 aliphatic heterocycles. The van der Waals surface area contributed by atoms with Gasteiger partial charge < -0.3 is 10.6 Å². The van der Waals surface area contributed by atoms with Crippen LogP contribution >= 0.6 is 12.2 Å². The van der Waals surface area contributed by atoms with Crippen molar-refractivity contribution in [2.75, 3.05) is 12.4 Å². The maximum Gasteiger partial charge on any atom is 0.170 e. The molecule has 0 aliphatic rings. The first-order valence-electron chi connectivity index (χ1n) is 4.48. The zero-order chi connectivity index (χ0) is 10.7. The van der Waals surface area contributed by atoms with Crippen molar-refractivity contribution in [2.45, 2.75) is 0 Å². The minimum absolute atomic E-state index is 0.589. The fourth-order valence-electron chi connectivity index (χ4n) is 1.26. The summed E-state index contributed by atoms with van der Waals surface area (Å²) < 4.78 is 0. The molecule has 0 radical (unpaired) electrons. The monoisotopic (exact) mass is 218 g/mol. The first-order chi connectivity index (χ1) is 7.29. The molecule has 1 heterocycles. The first-order valence-corrected chi connectivity index (χ1v) is 4.89. The predicted octanol–water partition coefficient (Wildman–Crippen LogP) is 1.55. The van der Waals surface area contributed by atoms with Crippen LogP contribution in [0.15, 0.2) is 30.7 Å². The molecule has 76 valence electrons. The first kappa shape index (κ1) is 9.79. The van der Waals surface area contributed by atoms with E-state index in [0.29, 0.717) is 5.11 Å². The van der Waals surface area contributed by atoms with Gasteiger partial charge in [-0.1, -0.05) is 0 Å². The summed E-state index contributed by atoms with van der Waals surface area (Å²) in [5, 5.41) is 7.48. The van der Waals surface area contributed by atoms with Crippen LogP contribution in [0.5, 0.6) is 0 Å². The van der Waals surface area contributed by atoms with Crippen LogP contribution in [0.4, 0.5) is 5.69 Å². The molecular formula is C10H10N4S. The molecule has 4 nitrogen and oxygen atoms in total. The maximum absolute atomic E-state index is 5.01. The summed E-state index contributed by atoms with van der Waals surface area (Å²) >= 11 is 5.01. The van der Waals surface area contributed by atoms with E-state index in [2.05, 4.69) is 20.6 Å². The van der Waals surface area contributed by atoms with Crippen LogP contribution in [0, 0.1) is 0 Å². The second-order valence-corrected chi connectivity index (χ2v) is 3.41. The smallest absolute Gasteiger partial charge is 0.170 e. The van der Waals surface area contributed by atoms with E-state index in [4.69, 9.17) is 12.2 Å². The van der Waals surface area contributed by atoms with Crippen molar-refractivity contribution < 1.29 is 0 Å². The normalized spacial score (nSPS) is 9.93. The Kier molecular flexibility index (Phi) is 2.73. The molecule has 0 amide bonds. The summed E-state index contributed by atoms with van der Waals surface area (Å²) in [6.45, 7) is 0. The highest BCUT2D eigenvalue weighted by Crippen LogP contribution is 2.15. The van der Waals surface area contributed by atoms with Crippen molar-refractivity contribution in [1.82, 2.24) is 15.3 Å². The fraction of sp³-hybridized carbons (Fsp3) is 0.100. The van der Waals surface area contributed by atoms with Crippen molar-refractivity contribution in [3.63, 3.8) is 0 Å². The Balaban J connectivity index is 2.34. The summed E-state index contributed by atoms with van der Waals surface area (Å²) in [4.78, 5) is 8.10. The third-order valence-electron chi connectivity index (χ3n) is 1.99. The van der Waals surface area contributed by atoms with Crippen LogP contribution in [0.25, 0.3) is 10.9 Å². The van der Waals surface area contributed by atoms with E-state index < -0.39 is 0 Å². The molecule has 0 unspecified atom stereocenters. The Hall–Kier alpha value is -1.75. The molecule has 0 atom stereocenters. The zero-order valence-corrected chi connectivity index (χ0v) is 9.01. The Bertz CT molecular complexity index is 498. The molecule has 2 rings (SSSR count). The van der Waals surface area contributed by atoms with Crippen LogP contribution < -0.4 is 10.6 Å². The minimum Gasteiger partial charge on any atom is -0.366 e. The van der Waals surface area contributed by atoms with Crippen LogP contribution in [-0.2, 0) is 0 Å². The van der Waals surface area contributed by atoms with Gasteiger partial charge >= 0.3 is 0 Å². The number of hydrogen-bond donors (Lipinski definition) is 2. The highest BCUT2D eigenvalue weighted by atomic mass is 32.1. The van der Waals surface area contributed by atoms with Gasteiger partial charge in [-0.15, -0.1) is 0 Å². The van der Waals surface area contributed by atoms with Gasteiger partial charge in [0, 0.05) is 24.3 Å². The third-order valence-corrected chi connectivity index (χ3v) is 2.30. The lowest BCUT2D eigenvalue weighted by molar-refractivity contribution is 1.19. The van der Waals surface area contributed by atoms with Crippen LogP contribution in [0.1, 0.15) is 0 Å². The quantitative estimate of drug-likeness (QED) is 0.711. The second kappa shape index (κ2) is 4.18. The molecule has 2 N–H and O–H groups in total. The number of nitrogens with one attached hydrogen (secondary N) is 2. The lowest BCUT2D eigenvalue weighted by Crippen LogP contribution is -2.23. The average molecular weight is 218 g/mol. The number of rotatable bonds is 1. The lowest BCUT2D eigenvalue weighted by Gasteiger charge is -2.07. The van der Waals surface area contributed by atoms with E-state index in [9.17, 15) is 0 Å². The predicted molar refractivity (Wildman–Crippen MR) is 64.8 cm³/mol. The van der Waals surface area contributed by atoms with Gasteiger partial charge in [0.15, 0.2) is 5.11 Å². The second-order valence-electron chi connectivity index (χ2n) is 3.00. The van der Waals surface area contributed by atoms with Crippen LogP contribution in [0.2, 0.25) is 0 Å². The molecule has 15 heavy (non-hydrogen) atoms. The van der Waals surface area contributed by atoms with E-state index in [-0.39, 0.29) is 0 Å². The number of anilines is 1. The van der Waals surface area contributed by atoms with Crippen molar-refractivity contribution in [2.24, 2.45) is 0 Å². The van der Waals surface area contributed by atoms with Gasteiger partial charge in [0.2, 0.25) is 0 Å². The molecule has 5 heteroatoms. The van der Waals surface area contributed by atoms with E-state index in [1.54, 1.807) is 13.2 Å². The van der Waals surface area contributed by atoms with Crippen LogP contribution in [-0.4, -0.2) is 22.1 Å². The van der Waals surface area contributed by atoms with Crippen molar-refractivity contribution in [1.29, 1.82) is 0 Å². The number of nitrogens with zero attached hydrogens (tertiary/aromatic N) is 2. The van der Waals surface area contributed by atoms with E-state index in [1.807, 2.05) is 18.2 Å². The molecule has 2 aromatic rings. The van der Waals surface area contributed by atoms with Gasteiger partial charge in [-0.2, -0.15) is 0 Å². The lowest BCUT2D eigenvalue weighted by atomic mass is 10.2. The number of fused-ring (bicyclic) bond motifs is 1. The van der Waals surface area contributed by atoms with Gasteiger partial charge in [-0.3, -0.25) is 0 Å². The molecule has 0 fully saturated rings. The Labute approximate surface area is 92.7 Å². The number of aromatic nitrogens is 2. The minimum atomic E-state index is 0.589. The number of hydrogen-bond acceptors (Lipinski definition) is 3. The summed E-state index contributed by atoms with van der Waals surface area (Å²) in [5.41, 5.74) is 1.85. The summed E-state index contributed by atoms with van der Waals surface area (Å²) in [7, 11) is 1.78. The van der Waals surface area contributed by atoms with Gasteiger partial charge in [0.05, 0.1) is 5.52 Å². The Morgan fingerprint density at radius 2 is 2.27 bits per heavy atom. The Morgan fingerprint density at radius 3 is 3.07 bits per heavy atom. The fourth-order valence-corrected chi connectivity index (χ4v) is 1.37. The SMILES string of the molecule is CNC(=S)Nc1ccc2ncncc2c1. The van der Waals surface area contributed by atoms with Crippen LogP contribution in [0.3, 0.4) is 0 Å². The standard InChI is InChI=1S/C10H10N4S/c1-11-10(15)14-8-2-3-9-7(4-8)5-12-6-13-9/h2-6H,1H3,(H2,11,14,15). The van der Waals surface area contributed by atoms with E-state index in [0.717, 1.165) is 16.6 Å². The highest BCUT2D eigenvalue weighted by molar-refractivity contribution is 7.80. The van der Waals surface area contributed by atoms with E-state index in [1.165, 1.54) is 6.33 Å². The van der Waals surface area contributed by atoms with Gasteiger partial charge in [0.25, 0.3) is 0 Å². The van der Waals surface area contributed by atoms with Gasteiger partial charge in [-0.25, -0.2) is 9.97 Å². The van der Waals surface area contributed by atoms with Gasteiger partial charge in [0.1, 0.15) is 6.33 Å². The molecule has 0 spiro atoms. The molecule has 0 bridgehead atoms. The molecule has 0 saturated carbocycles. The molecule has 0 saturated heterocycles. The molecular weight excluding hydrogens is 208 g/mol. The zero-order valence-electron chi connectivity index (χ0n) is 8.19. The van der Waals surface area contributed by atoms with Gasteiger partial charge in [-0.05, 0) is 30.4 Å². The molecule has 1 aromatic heterocycles. The number of thiocarbonyl (C=S) groups is 1. The van der Waals surface area contributed by atoms with Crippen molar-refractivity contribution in [3.8, 4) is 0 Å². The third kappa shape index (κ3) is 2.19. The van der Waals surface area contributed by atoms with E-state index >= 15 is 0 Å². The summed E-state index contributed by atoms with van der Waals surface area (Å²) in [5.74, 6) is 0. The Morgan fingerprint density at radius 1 is 1.40 bits per heavy atom. The molecule has 1 aromatic carbocycles. The molecule has 0 aliphatic carbocycles. The topological polar surface area (TPSA) is 49.8 Å². The van der Waals surface area contributed by atoms with Crippen molar-refractivity contribution >= 4 is 33.9 Å².